The lowest BCUT2D eigenvalue weighted by Gasteiger charge is -2.30. The van der Waals surface area contributed by atoms with Gasteiger partial charge in [0.1, 0.15) is 5.75 Å². The summed E-state index contributed by atoms with van der Waals surface area (Å²) >= 11 is 9.73. The van der Waals surface area contributed by atoms with Crippen LogP contribution in [0.3, 0.4) is 0 Å². The number of carbonyl (C=O) groups is 1. The maximum Gasteiger partial charge on any atom is 0.241 e. The SMILES string of the molecule is CCN1C(=O)C(Br)CC=C1c1ccc(OCOC)cc1Cl. The molecule has 1 heterocycles. The summed E-state index contributed by atoms with van der Waals surface area (Å²) < 4.78 is 10.2. The summed E-state index contributed by atoms with van der Waals surface area (Å²) in [7, 11) is 1.56. The third kappa shape index (κ3) is 3.59. The van der Waals surface area contributed by atoms with Crippen molar-refractivity contribution in [3.8, 4) is 5.75 Å². The molecular weight excluding hydrogens is 358 g/mol. The lowest BCUT2D eigenvalue weighted by molar-refractivity contribution is -0.127. The van der Waals surface area contributed by atoms with E-state index in [-0.39, 0.29) is 17.5 Å². The summed E-state index contributed by atoms with van der Waals surface area (Å²) in [5, 5.41) is 0.550. The molecule has 1 aliphatic heterocycles. The van der Waals surface area contributed by atoms with Crippen molar-refractivity contribution < 1.29 is 14.3 Å². The average molecular weight is 375 g/mol. The van der Waals surface area contributed by atoms with Crippen LogP contribution in [0, 0.1) is 0 Å². The van der Waals surface area contributed by atoms with Crippen LogP contribution in [0.1, 0.15) is 18.9 Å². The number of amides is 1. The Morgan fingerprint density at radius 3 is 2.86 bits per heavy atom. The van der Waals surface area contributed by atoms with E-state index < -0.39 is 0 Å². The second-order valence-electron chi connectivity index (χ2n) is 4.57. The van der Waals surface area contributed by atoms with Gasteiger partial charge in [-0.15, -0.1) is 0 Å². The second kappa shape index (κ2) is 7.29. The minimum absolute atomic E-state index is 0.0609. The molecule has 0 spiro atoms. The quantitative estimate of drug-likeness (QED) is 0.583. The Morgan fingerprint density at radius 2 is 2.24 bits per heavy atom. The number of halogens is 2. The van der Waals surface area contributed by atoms with E-state index in [0.29, 0.717) is 23.7 Å². The first kappa shape index (κ1) is 16.3. The number of hydrogen-bond donors (Lipinski definition) is 0. The zero-order valence-corrected chi connectivity index (χ0v) is 14.3. The molecule has 0 bridgehead atoms. The van der Waals surface area contributed by atoms with Crippen LogP contribution in [0.4, 0.5) is 0 Å². The highest BCUT2D eigenvalue weighted by atomic mass is 79.9. The molecule has 0 radical (unpaired) electrons. The summed E-state index contributed by atoms with van der Waals surface area (Å²) in [6.07, 6.45) is 2.68. The van der Waals surface area contributed by atoms with E-state index >= 15 is 0 Å². The molecule has 0 aliphatic carbocycles. The van der Waals surface area contributed by atoms with E-state index in [1.807, 2.05) is 25.1 Å². The Hall–Kier alpha value is -1.04. The predicted octanol–water partition coefficient (Wildman–Crippen LogP) is 3.68. The summed E-state index contributed by atoms with van der Waals surface area (Å²) in [5.74, 6) is 0.695. The van der Waals surface area contributed by atoms with Crippen LogP contribution in [0.25, 0.3) is 5.70 Å². The smallest absolute Gasteiger partial charge is 0.241 e. The number of hydrogen-bond acceptors (Lipinski definition) is 3. The maximum absolute atomic E-state index is 12.2. The zero-order chi connectivity index (χ0) is 15.4. The van der Waals surface area contributed by atoms with Gasteiger partial charge in [0.15, 0.2) is 6.79 Å². The molecule has 0 N–H and O–H groups in total. The van der Waals surface area contributed by atoms with E-state index in [9.17, 15) is 4.79 Å². The lowest BCUT2D eigenvalue weighted by Crippen LogP contribution is -2.38. The standard InChI is InChI=1S/C15H17BrClNO3/c1-3-18-14(7-6-12(16)15(18)19)11-5-4-10(8-13(11)17)21-9-20-2/h4-5,7-8,12H,3,6,9H2,1-2H3. The van der Waals surface area contributed by atoms with Crippen LogP contribution < -0.4 is 4.74 Å². The minimum atomic E-state index is -0.163. The maximum atomic E-state index is 12.2. The van der Waals surface area contributed by atoms with E-state index in [2.05, 4.69) is 15.9 Å². The number of rotatable bonds is 5. The molecule has 114 valence electrons. The highest BCUT2D eigenvalue weighted by molar-refractivity contribution is 9.10. The van der Waals surface area contributed by atoms with Gasteiger partial charge in [-0.3, -0.25) is 4.79 Å². The predicted molar refractivity (Wildman–Crippen MR) is 86.7 cm³/mol. The van der Waals surface area contributed by atoms with Gasteiger partial charge < -0.3 is 14.4 Å². The Morgan fingerprint density at radius 1 is 1.48 bits per heavy atom. The number of carbonyl (C=O) groups excluding carboxylic acids is 1. The molecule has 4 nitrogen and oxygen atoms in total. The summed E-state index contributed by atoms with van der Waals surface area (Å²) in [6.45, 7) is 2.72. The fourth-order valence-corrected chi connectivity index (χ4v) is 2.92. The zero-order valence-electron chi connectivity index (χ0n) is 11.9. The van der Waals surface area contributed by atoms with Crippen LogP contribution in [-0.2, 0) is 9.53 Å². The van der Waals surface area contributed by atoms with Gasteiger partial charge in [0.25, 0.3) is 0 Å². The molecule has 2 rings (SSSR count). The number of alkyl halides is 1. The first-order valence-corrected chi connectivity index (χ1v) is 7.95. The van der Waals surface area contributed by atoms with Crippen LogP contribution in [0.5, 0.6) is 5.75 Å². The number of methoxy groups -OCH3 is 1. The molecular formula is C15H17BrClNO3. The van der Waals surface area contributed by atoms with E-state index in [1.54, 1.807) is 18.1 Å². The fraction of sp³-hybridized carbons (Fsp3) is 0.400. The molecule has 6 heteroatoms. The largest absolute Gasteiger partial charge is 0.468 e. The van der Waals surface area contributed by atoms with Crippen molar-refractivity contribution in [3.05, 3.63) is 34.9 Å². The minimum Gasteiger partial charge on any atom is -0.468 e. The van der Waals surface area contributed by atoms with Gasteiger partial charge >= 0.3 is 0 Å². The Labute approximate surface area is 137 Å². The molecule has 21 heavy (non-hydrogen) atoms. The molecule has 0 saturated carbocycles. The molecule has 1 aromatic rings. The van der Waals surface area contributed by atoms with Crippen molar-refractivity contribution in [2.24, 2.45) is 0 Å². The summed E-state index contributed by atoms with van der Waals surface area (Å²) in [6, 6.07) is 5.42. The van der Waals surface area contributed by atoms with Gasteiger partial charge in [-0.25, -0.2) is 0 Å². The van der Waals surface area contributed by atoms with E-state index in [4.69, 9.17) is 21.1 Å². The molecule has 0 saturated heterocycles. The Balaban J connectivity index is 2.30. The van der Waals surface area contributed by atoms with Crippen molar-refractivity contribution in [2.45, 2.75) is 18.2 Å². The molecule has 1 unspecified atom stereocenters. The van der Waals surface area contributed by atoms with Gasteiger partial charge in [0.05, 0.1) is 9.85 Å². The Kier molecular flexibility index (Phi) is 5.67. The number of ether oxygens (including phenoxy) is 2. The average Bonchev–Trinajstić information content (AvgIpc) is 2.48. The van der Waals surface area contributed by atoms with Crippen molar-refractivity contribution in [1.82, 2.24) is 4.90 Å². The third-order valence-corrected chi connectivity index (χ3v) is 4.30. The number of nitrogens with zero attached hydrogens (tertiary/aromatic N) is 1. The highest BCUT2D eigenvalue weighted by Gasteiger charge is 2.29. The molecule has 1 atom stereocenters. The highest BCUT2D eigenvalue weighted by Crippen LogP contribution is 2.34. The molecule has 1 aliphatic rings. The first-order chi connectivity index (χ1) is 10.1. The summed E-state index contributed by atoms with van der Waals surface area (Å²) in [5.41, 5.74) is 1.68. The topological polar surface area (TPSA) is 38.8 Å². The van der Waals surface area contributed by atoms with Gasteiger partial charge in [-0.2, -0.15) is 0 Å². The normalized spacial score (nSPS) is 18.7. The summed E-state index contributed by atoms with van der Waals surface area (Å²) in [4.78, 5) is 13.8. The van der Waals surface area contributed by atoms with Crippen LogP contribution in [0.15, 0.2) is 24.3 Å². The second-order valence-corrected chi connectivity index (χ2v) is 6.08. The monoisotopic (exact) mass is 373 g/mol. The van der Waals surface area contributed by atoms with Crippen molar-refractivity contribution in [3.63, 3.8) is 0 Å². The number of benzene rings is 1. The van der Waals surface area contributed by atoms with Crippen LogP contribution >= 0.6 is 27.5 Å². The van der Waals surface area contributed by atoms with Gasteiger partial charge in [0.2, 0.25) is 5.91 Å². The van der Waals surface area contributed by atoms with E-state index in [1.165, 1.54) is 0 Å². The molecule has 0 aromatic heterocycles. The first-order valence-electron chi connectivity index (χ1n) is 6.65. The van der Waals surface area contributed by atoms with Gasteiger partial charge in [-0.05, 0) is 31.5 Å². The van der Waals surface area contributed by atoms with Crippen molar-refractivity contribution >= 4 is 39.1 Å². The van der Waals surface area contributed by atoms with Crippen LogP contribution in [0.2, 0.25) is 5.02 Å². The van der Waals surface area contributed by atoms with Gasteiger partial charge in [0, 0.05) is 24.9 Å². The van der Waals surface area contributed by atoms with Crippen LogP contribution in [-0.4, -0.2) is 36.1 Å². The molecule has 0 fully saturated rings. The number of allylic oxidation sites excluding steroid dienone is 1. The van der Waals surface area contributed by atoms with Crippen molar-refractivity contribution in [1.29, 1.82) is 0 Å². The fourth-order valence-electron chi connectivity index (χ4n) is 2.22. The molecule has 1 aromatic carbocycles. The Bertz CT molecular complexity index is 562. The molecule has 1 amide bonds. The van der Waals surface area contributed by atoms with E-state index in [0.717, 1.165) is 11.3 Å². The van der Waals surface area contributed by atoms with Gasteiger partial charge in [-0.1, -0.05) is 33.6 Å². The third-order valence-electron chi connectivity index (χ3n) is 3.22. The van der Waals surface area contributed by atoms with Crippen molar-refractivity contribution in [2.75, 3.05) is 20.4 Å². The lowest BCUT2D eigenvalue weighted by atomic mass is 10.0.